The van der Waals surface area contributed by atoms with Crippen LogP contribution in [0.1, 0.15) is 18.5 Å². The summed E-state index contributed by atoms with van der Waals surface area (Å²) in [6.45, 7) is 0.560. The second kappa shape index (κ2) is 6.47. The zero-order chi connectivity index (χ0) is 16.3. The molecule has 3 rings (SSSR count). The number of nitrogens with one attached hydrogen (secondary N) is 2. The fourth-order valence-electron chi connectivity index (χ4n) is 2.62. The number of benzene rings is 1. The van der Waals surface area contributed by atoms with Gasteiger partial charge in [-0.15, -0.1) is 0 Å². The molecular formula is C14H17N5O3S. The molecule has 1 atom stereocenters. The van der Waals surface area contributed by atoms with Crippen molar-refractivity contribution in [3.05, 3.63) is 42.2 Å². The van der Waals surface area contributed by atoms with Crippen molar-refractivity contribution in [2.75, 3.05) is 6.54 Å². The van der Waals surface area contributed by atoms with Crippen LogP contribution in [0.3, 0.4) is 0 Å². The number of aromatic amines is 1. The van der Waals surface area contributed by atoms with E-state index in [1.54, 1.807) is 18.2 Å². The highest BCUT2D eigenvalue weighted by Gasteiger charge is 2.39. The van der Waals surface area contributed by atoms with Crippen molar-refractivity contribution in [3.63, 3.8) is 0 Å². The first-order valence-corrected chi connectivity index (χ1v) is 8.72. The Morgan fingerprint density at radius 1 is 1.35 bits per heavy atom. The van der Waals surface area contributed by atoms with Crippen molar-refractivity contribution in [3.8, 4) is 0 Å². The van der Waals surface area contributed by atoms with Gasteiger partial charge in [0.1, 0.15) is 11.7 Å². The number of aromatic nitrogens is 3. The minimum absolute atomic E-state index is 0.205. The van der Waals surface area contributed by atoms with Crippen LogP contribution in [0.4, 0.5) is 0 Å². The van der Waals surface area contributed by atoms with Gasteiger partial charge in [-0.05, 0) is 25.0 Å². The predicted octanol–water partition coefficient (Wildman–Crippen LogP) is 0.274. The van der Waals surface area contributed by atoms with Gasteiger partial charge in [0.25, 0.3) is 0 Å². The highest BCUT2D eigenvalue weighted by Crippen LogP contribution is 2.26. The Hall–Kier alpha value is -2.26. The number of nitrogens with zero attached hydrogens (tertiary/aromatic N) is 3. The first-order chi connectivity index (χ1) is 11.1. The molecule has 9 heteroatoms. The molecular weight excluding hydrogens is 318 g/mol. The van der Waals surface area contributed by atoms with Crippen molar-refractivity contribution >= 4 is 15.9 Å². The molecule has 2 heterocycles. The lowest BCUT2D eigenvalue weighted by atomic mass is 10.2. The van der Waals surface area contributed by atoms with E-state index in [1.807, 2.05) is 0 Å². The van der Waals surface area contributed by atoms with E-state index in [0.717, 1.165) is 0 Å². The van der Waals surface area contributed by atoms with Crippen LogP contribution < -0.4 is 5.32 Å². The number of sulfonamides is 1. The molecule has 0 unspecified atom stereocenters. The van der Waals surface area contributed by atoms with Crippen LogP contribution in [0.25, 0.3) is 0 Å². The van der Waals surface area contributed by atoms with E-state index < -0.39 is 16.1 Å². The van der Waals surface area contributed by atoms with Crippen molar-refractivity contribution in [1.29, 1.82) is 0 Å². The summed E-state index contributed by atoms with van der Waals surface area (Å²) < 4.78 is 26.7. The predicted molar refractivity (Wildman–Crippen MR) is 81.6 cm³/mol. The monoisotopic (exact) mass is 335 g/mol. The van der Waals surface area contributed by atoms with Crippen LogP contribution in [0.5, 0.6) is 0 Å². The molecule has 0 saturated carbocycles. The quantitative estimate of drug-likeness (QED) is 0.815. The molecule has 122 valence electrons. The summed E-state index contributed by atoms with van der Waals surface area (Å²) in [4.78, 5) is 12.6. The normalized spacial score (nSPS) is 18.9. The number of rotatable bonds is 5. The number of hydrogen-bond acceptors (Lipinski definition) is 5. The molecule has 1 aromatic carbocycles. The molecule has 1 amide bonds. The van der Waals surface area contributed by atoms with Crippen LogP contribution in [0, 0.1) is 0 Å². The highest BCUT2D eigenvalue weighted by molar-refractivity contribution is 7.89. The molecule has 1 saturated heterocycles. The van der Waals surface area contributed by atoms with Crippen LogP contribution in [-0.2, 0) is 21.4 Å². The second-order valence-electron chi connectivity index (χ2n) is 5.27. The lowest BCUT2D eigenvalue weighted by molar-refractivity contribution is -0.124. The summed E-state index contributed by atoms with van der Waals surface area (Å²) in [5, 5.41) is 12.7. The van der Waals surface area contributed by atoms with E-state index in [2.05, 4.69) is 20.7 Å². The van der Waals surface area contributed by atoms with E-state index in [-0.39, 0.29) is 17.3 Å². The average Bonchev–Trinajstić information content (AvgIpc) is 3.25. The fraction of sp³-hybridized carbons (Fsp3) is 0.357. The lowest BCUT2D eigenvalue weighted by Crippen LogP contribution is -2.45. The zero-order valence-corrected chi connectivity index (χ0v) is 13.2. The topological polar surface area (TPSA) is 108 Å². The number of carbonyl (C=O) groups is 1. The number of H-pyrrole nitrogens is 1. The number of hydrogen-bond donors (Lipinski definition) is 2. The van der Waals surface area contributed by atoms with Gasteiger partial charge in [-0.1, -0.05) is 18.2 Å². The van der Waals surface area contributed by atoms with E-state index in [0.29, 0.717) is 25.1 Å². The van der Waals surface area contributed by atoms with Gasteiger partial charge in [-0.2, -0.15) is 19.7 Å². The highest BCUT2D eigenvalue weighted by atomic mass is 32.2. The van der Waals surface area contributed by atoms with Crippen molar-refractivity contribution < 1.29 is 13.2 Å². The third-order valence-electron chi connectivity index (χ3n) is 3.76. The standard InChI is InChI=1S/C14H17N5O3S/c20-14(15-9-11-10-16-18-17-11)13-7-4-8-19(13)23(21,22)12-5-2-1-3-6-12/h1-3,5-6,10,13H,4,7-9H2,(H,15,20)(H,16,17,18)/t13-/m1/s1. The van der Waals surface area contributed by atoms with Gasteiger partial charge in [0.15, 0.2) is 0 Å². The summed E-state index contributed by atoms with van der Waals surface area (Å²) >= 11 is 0. The van der Waals surface area contributed by atoms with Gasteiger partial charge in [-0.25, -0.2) is 8.42 Å². The first-order valence-electron chi connectivity index (χ1n) is 7.28. The van der Waals surface area contributed by atoms with Crippen molar-refractivity contribution in [2.45, 2.75) is 30.3 Å². The van der Waals surface area contributed by atoms with Gasteiger partial charge < -0.3 is 5.32 Å². The van der Waals surface area contributed by atoms with Crippen LogP contribution in [-0.4, -0.2) is 46.6 Å². The Morgan fingerprint density at radius 2 is 2.13 bits per heavy atom. The van der Waals surface area contributed by atoms with E-state index >= 15 is 0 Å². The minimum atomic E-state index is -3.67. The van der Waals surface area contributed by atoms with Crippen LogP contribution in [0.2, 0.25) is 0 Å². The molecule has 2 N–H and O–H groups in total. The van der Waals surface area contributed by atoms with Gasteiger partial charge >= 0.3 is 0 Å². The Bertz CT molecular complexity index is 761. The average molecular weight is 335 g/mol. The minimum Gasteiger partial charge on any atom is -0.349 e. The summed E-state index contributed by atoms with van der Waals surface area (Å²) in [6, 6.07) is 7.49. The van der Waals surface area contributed by atoms with Gasteiger partial charge in [-0.3, -0.25) is 4.79 Å². The molecule has 1 aromatic heterocycles. The maximum Gasteiger partial charge on any atom is 0.243 e. The Morgan fingerprint density at radius 3 is 2.83 bits per heavy atom. The third kappa shape index (κ3) is 3.25. The molecule has 1 aliphatic heterocycles. The molecule has 0 radical (unpaired) electrons. The Labute approximate surface area is 133 Å². The molecule has 0 spiro atoms. The summed E-state index contributed by atoms with van der Waals surface area (Å²) in [5.74, 6) is -0.315. The van der Waals surface area contributed by atoms with Gasteiger partial charge in [0.2, 0.25) is 15.9 Å². The first kappa shape index (κ1) is 15.6. The zero-order valence-electron chi connectivity index (χ0n) is 12.3. The number of carbonyl (C=O) groups excluding carboxylic acids is 1. The van der Waals surface area contributed by atoms with Crippen LogP contribution in [0.15, 0.2) is 41.4 Å². The smallest absolute Gasteiger partial charge is 0.243 e. The Balaban J connectivity index is 1.73. The fourth-order valence-corrected chi connectivity index (χ4v) is 4.30. The summed E-state index contributed by atoms with van der Waals surface area (Å²) in [5.41, 5.74) is 0.591. The molecule has 1 aliphatic rings. The molecule has 2 aromatic rings. The van der Waals surface area contributed by atoms with E-state index in [9.17, 15) is 13.2 Å². The Kier molecular flexibility index (Phi) is 4.39. The lowest BCUT2D eigenvalue weighted by Gasteiger charge is -2.23. The van der Waals surface area contributed by atoms with Crippen molar-refractivity contribution in [1.82, 2.24) is 25.0 Å². The molecule has 0 aliphatic carbocycles. The van der Waals surface area contributed by atoms with Crippen LogP contribution >= 0.6 is 0 Å². The largest absolute Gasteiger partial charge is 0.349 e. The maximum atomic E-state index is 12.7. The van der Waals surface area contributed by atoms with E-state index in [1.165, 1.54) is 22.6 Å². The summed E-state index contributed by atoms with van der Waals surface area (Å²) in [7, 11) is -3.67. The maximum absolute atomic E-state index is 12.7. The SMILES string of the molecule is O=C(NCc1cn[nH]n1)[C@H]1CCCN1S(=O)(=O)c1ccccc1. The third-order valence-corrected chi connectivity index (χ3v) is 5.69. The van der Waals surface area contributed by atoms with Gasteiger partial charge in [0.05, 0.1) is 17.6 Å². The van der Waals surface area contributed by atoms with E-state index in [4.69, 9.17) is 0 Å². The summed E-state index contributed by atoms with van der Waals surface area (Å²) in [6.07, 6.45) is 2.68. The van der Waals surface area contributed by atoms with Gasteiger partial charge in [0, 0.05) is 6.54 Å². The molecule has 0 bridgehead atoms. The molecule has 1 fully saturated rings. The number of amides is 1. The second-order valence-corrected chi connectivity index (χ2v) is 7.16. The molecule has 23 heavy (non-hydrogen) atoms. The van der Waals surface area contributed by atoms with Crippen molar-refractivity contribution in [2.24, 2.45) is 0 Å². The molecule has 8 nitrogen and oxygen atoms in total.